The van der Waals surface area contributed by atoms with E-state index in [0.717, 1.165) is 65.9 Å². The fraction of sp³-hybridized carbons (Fsp3) is 0.556. The third-order valence-electron chi connectivity index (χ3n) is 15.2. The number of hydrogen-bond acceptors (Lipinski definition) is 35. The lowest BCUT2D eigenvalue weighted by Crippen LogP contribution is -2.40. The summed E-state index contributed by atoms with van der Waals surface area (Å²) < 4.78 is 96.3. The third kappa shape index (κ3) is 18.9. The van der Waals surface area contributed by atoms with Crippen LogP contribution in [0.5, 0.6) is 0 Å². The first-order chi connectivity index (χ1) is 47.2. The molecule has 24 atom stereocenters. The summed E-state index contributed by atoms with van der Waals surface area (Å²) in [4.78, 5) is 188. The average molecular weight is 1630 g/mol. The van der Waals surface area contributed by atoms with Gasteiger partial charge in [-0.05, 0) is 47.2 Å². The Balaban J connectivity index is 0.858. The lowest BCUT2D eigenvalue weighted by molar-refractivity contribution is -0.0600. The quantitative estimate of drug-likeness (QED) is 0.0163. The van der Waals surface area contributed by atoms with Crippen molar-refractivity contribution in [2.24, 2.45) is 0 Å². The van der Waals surface area contributed by atoms with Crippen LogP contribution in [0.4, 0.5) is 0 Å². The van der Waals surface area contributed by atoms with Gasteiger partial charge in [0, 0.05) is 61.3 Å². The molecule has 5 fully saturated rings. The van der Waals surface area contributed by atoms with Gasteiger partial charge in [-0.25, -0.2) is 28.5 Å². The van der Waals surface area contributed by atoms with E-state index in [1.165, 1.54) is 0 Å². The molecule has 101 heavy (non-hydrogen) atoms. The number of thiol groups is 1. The van der Waals surface area contributed by atoms with Crippen LogP contribution in [-0.4, -0.2) is 227 Å². The monoisotopic (exact) mass is 1630 g/mol. The van der Waals surface area contributed by atoms with E-state index in [9.17, 15) is 108 Å². The molecule has 10 heterocycles. The van der Waals surface area contributed by atoms with Crippen LogP contribution >= 0.6 is 45.9 Å². The molecule has 46 nitrogen and oxygen atoms in total. The maximum atomic E-state index is 14.5. The van der Waals surface area contributed by atoms with Crippen LogP contribution < -0.4 is 56.2 Å². The Morgan fingerprint density at radius 1 is 0.356 bits per heavy atom. The van der Waals surface area contributed by atoms with E-state index in [2.05, 4.69) is 24.1 Å². The van der Waals surface area contributed by atoms with Gasteiger partial charge >= 0.3 is 62.1 Å². The lowest BCUT2D eigenvalue weighted by atomic mass is 10.1. The zero-order valence-electron chi connectivity index (χ0n) is 50.0. The zero-order valence-corrected chi connectivity index (χ0v) is 58.7. The zero-order chi connectivity index (χ0) is 73.7. The first-order valence-electron chi connectivity index (χ1n) is 28.4. The van der Waals surface area contributed by atoms with Crippen molar-refractivity contribution in [2.45, 2.75) is 123 Å². The molecule has 5 aliphatic heterocycles. The average Bonchev–Trinajstić information content (AvgIpc) is 1.66. The maximum absolute atomic E-state index is 14.5. The van der Waals surface area contributed by atoms with Gasteiger partial charge in [-0.3, -0.25) is 94.3 Å². The predicted molar refractivity (Wildman–Crippen MR) is 346 cm³/mol. The second-order valence-electron chi connectivity index (χ2n) is 22.0. The summed E-state index contributed by atoms with van der Waals surface area (Å²) >= 11 is 24.3. The van der Waals surface area contributed by atoms with Crippen molar-refractivity contribution < 1.29 is 124 Å². The highest BCUT2D eigenvalue weighted by Gasteiger charge is 2.55. The normalized spacial score (nSPS) is 33.0. The molecule has 558 valence electrons. The third-order valence-corrected chi connectivity index (χ3v) is 22.3. The van der Waals surface area contributed by atoms with E-state index in [4.69, 9.17) is 99.8 Å². The minimum Gasteiger partial charge on any atom is -0.387 e. The van der Waals surface area contributed by atoms with Gasteiger partial charge in [0.2, 0.25) is 0 Å². The summed E-state index contributed by atoms with van der Waals surface area (Å²) in [6, 6.07) is 4.28. The Bertz CT molecular complexity index is 4780. The maximum Gasteiger partial charge on any atom is 0.386 e. The topological polar surface area (TPSA) is 643 Å². The minimum atomic E-state index is -5.15. The smallest absolute Gasteiger partial charge is 0.386 e. The van der Waals surface area contributed by atoms with Crippen LogP contribution in [-0.2, 0) is 116 Å². The highest BCUT2D eigenvalue weighted by molar-refractivity contribution is 8.44. The van der Waals surface area contributed by atoms with Gasteiger partial charge in [-0.1, -0.05) is 12.2 Å². The molecule has 0 amide bonds. The molecule has 0 aliphatic carbocycles. The number of aromatic nitrogens is 10. The van der Waals surface area contributed by atoms with Gasteiger partial charge in [0.1, 0.15) is 91.6 Å². The molecule has 0 aromatic carbocycles. The number of hydrogen-bond donors (Lipinski definition) is 17. The molecular weight excluding hydrogens is 1570 g/mol. The van der Waals surface area contributed by atoms with Gasteiger partial charge < -0.3 is 96.9 Å². The standard InChI is InChI=1S/C45H57N10O36P5S5/c56-21-1-6-51(41(67)46-21)36-27(62)26(61)16(83-36)11-79-93(74,98)89-33-18(85-38(29(33)64)53-8-3-23(58)48-43(53)69)13-81-95(76,100)91-35-20(87-40(31(35)66)55-10-5-25(60)50-45(55)71)15-82-96(77,101)90-34-19(86-39(30(34)65)54-9-4-24(59)49-44(54)70)14-80-94(75,99)88-32-17(12-78-92(72,73)97)84-37(28(32)63)52-7-2-22(57)47-42(52)68/h1-10,16-20,26-40,61-66H,11-15H2,(H,74,98)(H,75,99)(H,76,100)(H,77,101)(H,46,56,67)(H,47,57,68)(H,48,58,69)(H,49,59,70)(H,50,60,71)(H2,72,73,97)/t16-,17-,18-,19-,20-,26-,27-,28-,29-,30-,31-,32-,33-,34-,35-,36-,37-,38-,39-,40-,93?,94?,95?,96?/m1/s1. The van der Waals surface area contributed by atoms with Crippen molar-refractivity contribution >= 4 is 93.1 Å². The Hall–Kier alpha value is -4.42. The molecule has 5 aliphatic rings. The highest BCUT2D eigenvalue weighted by atomic mass is 32.7. The van der Waals surface area contributed by atoms with Crippen LogP contribution in [0.1, 0.15) is 31.1 Å². The molecule has 0 spiro atoms. The number of aromatic amines is 5. The number of H-pyrrole nitrogens is 5. The van der Waals surface area contributed by atoms with E-state index in [0.29, 0.717) is 18.3 Å². The summed E-state index contributed by atoms with van der Waals surface area (Å²) in [7, 11) is 0. The Labute approximate surface area is 583 Å². The first kappa shape index (κ1) is 79.2. The SMILES string of the molecule is O=c1ccn([C@@H]2O[C@H](COP(O)(=S)O[C@H]3[C@@H](O)[C@H](n4ccc(=O)[nH]c4=O)O[C@@H]3COP(=O)(S)O[C@H]3[C@@H](O)[C@H](n4ccc(=O)[nH]c4=O)O[C@@H]3COP(O)(=S)O[C@H]3[C@@H](O)[C@H](n4ccc(=O)[nH]c4=O)O[C@@H]3COP(O)(=S)O[C@H]3[C@@H](O)[C@H](n4ccc(=O)[nH]c4=O)O[C@@H]3COP(O)(O)=S)[C@@H](O)[C@H]2O)c(=O)[nH]1. The molecule has 4 unspecified atom stereocenters. The highest BCUT2D eigenvalue weighted by Crippen LogP contribution is 2.58. The van der Waals surface area contributed by atoms with Gasteiger partial charge in [0.15, 0.2) is 31.1 Å². The lowest BCUT2D eigenvalue weighted by Gasteiger charge is -2.29. The largest absolute Gasteiger partial charge is 0.387 e. The Kier molecular flexibility index (Phi) is 24.7. The van der Waals surface area contributed by atoms with Crippen LogP contribution in [0.2, 0.25) is 0 Å². The molecule has 16 N–H and O–H groups in total. The molecule has 0 saturated carbocycles. The molecule has 5 aromatic heterocycles. The van der Waals surface area contributed by atoms with E-state index < -0.39 is 246 Å². The summed E-state index contributed by atoms with van der Waals surface area (Å²) in [6.45, 7) is -29.5. The van der Waals surface area contributed by atoms with E-state index in [1.54, 1.807) is 0 Å². The van der Waals surface area contributed by atoms with Crippen molar-refractivity contribution in [3.8, 4) is 0 Å². The fourth-order valence-corrected chi connectivity index (χ4v) is 17.0. The molecule has 5 aromatic rings. The van der Waals surface area contributed by atoms with E-state index in [-0.39, 0.29) is 0 Å². The number of aliphatic hydroxyl groups is 6. The van der Waals surface area contributed by atoms with Crippen molar-refractivity contribution in [3.05, 3.63) is 166 Å². The summed E-state index contributed by atoms with van der Waals surface area (Å²) in [6.07, 6.45) is -33.8. The number of nitrogens with zero attached hydrogens (tertiary/aromatic N) is 5. The molecule has 10 rings (SSSR count). The van der Waals surface area contributed by atoms with Crippen LogP contribution in [0.15, 0.2) is 109 Å². The van der Waals surface area contributed by atoms with Crippen molar-refractivity contribution in [2.75, 3.05) is 33.0 Å². The first-order valence-corrected chi connectivity index (χ1v) is 41.5. The van der Waals surface area contributed by atoms with Crippen molar-refractivity contribution in [3.63, 3.8) is 0 Å². The number of rotatable bonds is 28. The second kappa shape index (κ2) is 31.6. The summed E-state index contributed by atoms with van der Waals surface area (Å²) in [5.74, 6) is 0. The number of nitrogens with one attached hydrogen (secondary N) is 5. The fourth-order valence-electron chi connectivity index (χ4n) is 10.7. The van der Waals surface area contributed by atoms with Gasteiger partial charge in [0.05, 0.1) is 33.0 Å². The van der Waals surface area contributed by atoms with Crippen LogP contribution in [0, 0.1) is 0 Å². The van der Waals surface area contributed by atoms with E-state index >= 15 is 0 Å². The minimum absolute atomic E-state index is 0.612. The predicted octanol–water partition coefficient (Wildman–Crippen LogP) is -8.09. The van der Waals surface area contributed by atoms with Crippen molar-refractivity contribution in [1.29, 1.82) is 0 Å². The van der Waals surface area contributed by atoms with Gasteiger partial charge in [-0.2, -0.15) is 0 Å². The van der Waals surface area contributed by atoms with E-state index in [1.807, 2.05) is 24.9 Å². The van der Waals surface area contributed by atoms with Crippen molar-refractivity contribution in [1.82, 2.24) is 47.8 Å². The molecule has 56 heteroatoms. The summed E-state index contributed by atoms with van der Waals surface area (Å²) in [5.41, 5.74) is -10.2. The molecular formula is C45H57N10O36P5S5. The van der Waals surface area contributed by atoms with Crippen LogP contribution in [0.3, 0.4) is 0 Å². The second-order valence-corrected chi connectivity index (χ2v) is 35.9. The Morgan fingerprint density at radius 3 is 0.851 bits per heavy atom. The van der Waals surface area contributed by atoms with Crippen LogP contribution in [0.25, 0.3) is 0 Å². The van der Waals surface area contributed by atoms with Gasteiger partial charge in [-0.15, -0.1) is 0 Å². The number of ether oxygens (including phenoxy) is 5. The Morgan fingerprint density at radius 2 is 0.584 bits per heavy atom. The van der Waals surface area contributed by atoms with Gasteiger partial charge in [0.25, 0.3) is 27.8 Å². The molecule has 0 radical (unpaired) electrons. The molecule has 0 bridgehead atoms. The molecule has 5 saturated heterocycles. The summed E-state index contributed by atoms with van der Waals surface area (Å²) in [5, 5.41) is 68.1. The number of aliphatic hydroxyl groups excluding tert-OH is 6.